The molecule has 0 saturated carbocycles. The average molecular weight is 295 g/mol. The second-order valence-corrected chi connectivity index (χ2v) is 6.00. The van der Waals surface area contributed by atoms with E-state index in [9.17, 15) is 0 Å². The zero-order valence-corrected chi connectivity index (χ0v) is 12.7. The van der Waals surface area contributed by atoms with Crippen LogP contribution in [0.1, 0.15) is 18.4 Å². The van der Waals surface area contributed by atoms with Crippen molar-refractivity contribution in [1.82, 2.24) is 10.2 Å². The van der Waals surface area contributed by atoms with Gasteiger partial charge in [-0.2, -0.15) is 0 Å². The lowest BCUT2D eigenvalue weighted by atomic mass is 10.3. The third kappa shape index (κ3) is 4.40. The molecule has 0 radical (unpaired) electrons. The predicted octanol–water partition coefficient (Wildman–Crippen LogP) is 3.66. The first-order valence-electron chi connectivity index (χ1n) is 6.15. The first-order valence-corrected chi connectivity index (χ1v) is 7.95. The molecule has 0 aliphatic rings. The molecule has 4 nitrogen and oxygen atoms in total. The standard InChI is InChI=1S/C13H17N3OS2/c1-3-8-14-13-16-15-12(19-13)9-18-11-6-4-10(17-2)5-7-11/h4-7H,3,8-9H2,1-2H3,(H,14,16). The molecule has 1 N–H and O–H groups in total. The monoisotopic (exact) mass is 295 g/mol. The van der Waals surface area contributed by atoms with Gasteiger partial charge in [0.2, 0.25) is 5.13 Å². The molecular formula is C13H17N3OS2. The van der Waals surface area contributed by atoms with Crippen molar-refractivity contribution in [3.05, 3.63) is 29.3 Å². The highest BCUT2D eigenvalue weighted by Crippen LogP contribution is 2.27. The summed E-state index contributed by atoms with van der Waals surface area (Å²) in [5.41, 5.74) is 0. The maximum Gasteiger partial charge on any atom is 0.205 e. The van der Waals surface area contributed by atoms with E-state index in [-0.39, 0.29) is 0 Å². The fraction of sp³-hybridized carbons (Fsp3) is 0.385. The Balaban J connectivity index is 1.85. The first-order chi connectivity index (χ1) is 9.31. The summed E-state index contributed by atoms with van der Waals surface area (Å²) >= 11 is 3.38. The van der Waals surface area contributed by atoms with Crippen LogP contribution in [0.15, 0.2) is 29.2 Å². The number of hydrogen-bond acceptors (Lipinski definition) is 6. The van der Waals surface area contributed by atoms with Crippen LogP contribution in [0.4, 0.5) is 5.13 Å². The van der Waals surface area contributed by atoms with Crippen LogP contribution >= 0.6 is 23.1 Å². The average Bonchev–Trinajstić information content (AvgIpc) is 2.91. The molecule has 102 valence electrons. The highest BCUT2D eigenvalue weighted by atomic mass is 32.2. The fourth-order valence-corrected chi connectivity index (χ4v) is 3.08. The van der Waals surface area contributed by atoms with Crippen molar-refractivity contribution in [3.63, 3.8) is 0 Å². The minimum absolute atomic E-state index is 0.845. The van der Waals surface area contributed by atoms with E-state index in [0.717, 1.165) is 34.6 Å². The maximum absolute atomic E-state index is 5.13. The van der Waals surface area contributed by atoms with Crippen molar-refractivity contribution in [2.24, 2.45) is 0 Å². The number of nitrogens with zero attached hydrogens (tertiary/aromatic N) is 2. The molecule has 0 spiro atoms. The van der Waals surface area contributed by atoms with Crippen LogP contribution in [0.3, 0.4) is 0 Å². The molecule has 0 unspecified atom stereocenters. The topological polar surface area (TPSA) is 47.0 Å². The summed E-state index contributed by atoms with van der Waals surface area (Å²) in [5.74, 6) is 1.73. The van der Waals surface area contributed by atoms with Crippen LogP contribution in [0.25, 0.3) is 0 Å². The molecule has 1 aromatic carbocycles. The van der Waals surface area contributed by atoms with Crippen molar-refractivity contribution in [3.8, 4) is 5.75 Å². The van der Waals surface area contributed by atoms with Crippen LogP contribution in [0, 0.1) is 0 Å². The van der Waals surface area contributed by atoms with Gasteiger partial charge < -0.3 is 10.1 Å². The molecule has 0 saturated heterocycles. The first kappa shape index (κ1) is 14.1. The summed E-state index contributed by atoms with van der Waals surface area (Å²) in [6.07, 6.45) is 1.09. The number of ether oxygens (including phenoxy) is 1. The predicted molar refractivity (Wildman–Crippen MR) is 81.2 cm³/mol. The zero-order valence-electron chi connectivity index (χ0n) is 11.0. The Bertz CT molecular complexity index is 499. The molecule has 1 heterocycles. The molecular weight excluding hydrogens is 278 g/mol. The molecule has 6 heteroatoms. The van der Waals surface area contributed by atoms with Gasteiger partial charge in [0.1, 0.15) is 10.8 Å². The van der Waals surface area contributed by atoms with Crippen LogP contribution in [-0.2, 0) is 5.75 Å². The van der Waals surface area contributed by atoms with Crippen LogP contribution in [0.5, 0.6) is 5.75 Å². The molecule has 0 aliphatic carbocycles. The van der Waals surface area contributed by atoms with Crippen molar-refractivity contribution in [2.45, 2.75) is 24.0 Å². The van der Waals surface area contributed by atoms with Gasteiger partial charge in [0.15, 0.2) is 0 Å². The fourth-order valence-electron chi connectivity index (χ4n) is 1.43. The van der Waals surface area contributed by atoms with Gasteiger partial charge in [0.25, 0.3) is 0 Å². The minimum atomic E-state index is 0.845. The molecule has 0 aliphatic heterocycles. The SMILES string of the molecule is CCCNc1nnc(CSc2ccc(OC)cc2)s1. The van der Waals surface area contributed by atoms with Crippen molar-refractivity contribution in [2.75, 3.05) is 19.0 Å². The summed E-state index contributed by atoms with van der Waals surface area (Å²) in [4.78, 5) is 1.21. The number of nitrogens with one attached hydrogen (secondary N) is 1. The number of hydrogen-bond donors (Lipinski definition) is 1. The van der Waals surface area contributed by atoms with Gasteiger partial charge in [0.05, 0.1) is 12.9 Å². The number of aromatic nitrogens is 2. The van der Waals surface area contributed by atoms with E-state index in [0.29, 0.717) is 0 Å². The van der Waals surface area contributed by atoms with Gasteiger partial charge in [-0.1, -0.05) is 18.3 Å². The third-order valence-corrected chi connectivity index (χ3v) is 4.50. The second kappa shape index (κ2) is 7.35. The van der Waals surface area contributed by atoms with E-state index in [1.807, 2.05) is 12.1 Å². The van der Waals surface area contributed by atoms with Gasteiger partial charge >= 0.3 is 0 Å². The smallest absolute Gasteiger partial charge is 0.205 e. The number of benzene rings is 1. The summed E-state index contributed by atoms with van der Waals surface area (Å²) in [5, 5.41) is 13.5. The highest BCUT2D eigenvalue weighted by molar-refractivity contribution is 7.98. The normalized spacial score (nSPS) is 10.4. The molecule has 0 fully saturated rings. The van der Waals surface area contributed by atoms with Gasteiger partial charge in [-0.15, -0.1) is 22.0 Å². The Hall–Kier alpha value is -1.27. The highest BCUT2D eigenvalue weighted by Gasteiger charge is 2.04. The molecule has 0 amide bonds. The van der Waals surface area contributed by atoms with E-state index < -0.39 is 0 Å². The molecule has 2 rings (SSSR count). The van der Waals surface area contributed by atoms with Crippen molar-refractivity contribution >= 4 is 28.2 Å². The molecule has 19 heavy (non-hydrogen) atoms. The quantitative estimate of drug-likeness (QED) is 0.790. The van der Waals surface area contributed by atoms with Gasteiger partial charge in [-0.3, -0.25) is 0 Å². The summed E-state index contributed by atoms with van der Waals surface area (Å²) in [6.45, 7) is 3.08. The third-order valence-electron chi connectivity index (χ3n) is 2.41. The lowest BCUT2D eigenvalue weighted by molar-refractivity contribution is 0.414. The number of rotatable bonds is 7. The number of methoxy groups -OCH3 is 1. The Labute approximate surface area is 121 Å². The van der Waals surface area contributed by atoms with Crippen LogP contribution in [0.2, 0.25) is 0 Å². The Morgan fingerprint density at radius 2 is 2.05 bits per heavy atom. The number of anilines is 1. The summed E-state index contributed by atoms with van der Waals surface area (Å²) in [6, 6.07) is 8.05. The van der Waals surface area contributed by atoms with E-state index in [2.05, 4.69) is 34.6 Å². The largest absolute Gasteiger partial charge is 0.497 e. The Kier molecular flexibility index (Phi) is 5.47. The van der Waals surface area contributed by atoms with Gasteiger partial charge in [-0.25, -0.2) is 0 Å². The van der Waals surface area contributed by atoms with E-state index in [4.69, 9.17) is 4.74 Å². The molecule has 2 aromatic rings. The van der Waals surface area contributed by atoms with Gasteiger partial charge in [-0.05, 0) is 30.7 Å². The molecule has 0 bridgehead atoms. The second-order valence-electron chi connectivity index (χ2n) is 3.89. The van der Waals surface area contributed by atoms with Crippen LogP contribution < -0.4 is 10.1 Å². The summed E-state index contributed by atoms with van der Waals surface area (Å²) in [7, 11) is 1.67. The van der Waals surface area contributed by atoms with Crippen molar-refractivity contribution in [1.29, 1.82) is 0 Å². The van der Waals surface area contributed by atoms with E-state index >= 15 is 0 Å². The number of thioether (sulfide) groups is 1. The Morgan fingerprint density at radius 1 is 1.26 bits per heavy atom. The van der Waals surface area contributed by atoms with E-state index in [1.165, 1.54) is 4.90 Å². The van der Waals surface area contributed by atoms with E-state index in [1.54, 1.807) is 30.2 Å². The van der Waals surface area contributed by atoms with Crippen LogP contribution in [-0.4, -0.2) is 23.9 Å². The van der Waals surface area contributed by atoms with Crippen molar-refractivity contribution < 1.29 is 4.74 Å². The molecule has 0 atom stereocenters. The van der Waals surface area contributed by atoms with Gasteiger partial charge in [0, 0.05) is 11.4 Å². The lowest BCUT2D eigenvalue weighted by Gasteiger charge is -2.01. The minimum Gasteiger partial charge on any atom is -0.497 e. The summed E-state index contributed by atoms with van der Waals surface area (Å²) < 4.78 is 5.13. The Morgan fingerprint density at radius 3 is 2.74 bits per heavy atom. The molecule has 1 aromatic heterocycles. The zero-order chi connectivity index (χ0) is 13.5. The lowest BCUT2D eigenvalue weighted by Crippen LogP contribution is -1.98. The maximum atomic E-state index is 5.13.